The molecule has 0 aliphatic carbocycles. The summed E-state index contributed by atoms with van der Waals surface area (Å²) in [6, 6.07) is 6.30. The predicted octanol–water partition coefficient (Wildman–Crippen LogP) is 1.84. The SMILES string of the molecule is COc1cc(F)cc2ccc(CN)nc12. The first-order valence-corrected chi connectivity index (χ1v) is 4.58. The normalized spacial score (nSPS) is 10.6. The molecular formula is C11H11FN2O. The molecule has 2 rings (SSSR count). The maximum Gasteiger partial charge on any atom is 0.148 e. The third-order valence-corrected chi connectivity index (χ3v) is 2.21. The van der Waals surface area contributed by atoms with E-state index in [4.69, 9.17) is 10.5 Å². The lowest BCUT2D eigenvalue weighted by atomic mass is 10.2. The topological polar surface area (TPSA) is 48.1 Å². The first-order valence-electron chi connectivity index (χ1n) is 4.58. The Morgan fingerprint density at radius 1 is 1.40 bits per heavy atom. The van der Waals surface area contributed by atoms with Crippen molar-refractivity contribution in [3.8, 4) is 5.75 Å². The molecule has 15 heavy (non-hydrogen) atoms. The maximum atomic E-state index is 13.1. The number of hydrogen-bond acceptors (Lipinski definition) is 3. The minimum absolute atomic E-state index is 0.332. The van der Waals surface area contributed by atoms with Gasteiger partial charge in [0.15, 0.2) is 0 Å². The van der Waals surface area contributed by atoms with Crippen LogP contribution < -0.4 is 10.5 Å². The lowest BCUT2D eigenvalue weighted by Gasteiger charge is -2.06. The molecule has 1 heterocycles. The fourth-order valence-corrected chi connectivity index (χ4v) is 1.48. The number of ether oxygens (including phenoxy) is 1. The van der Waals surface area contributed by atoms with Gasteiger partial charge < -0.3 is 10.5 Å². The Morgan fingerprint density at radius 3 is 2.87 bits per heavy atom. The zero-order valence-electron chi connectivity index (χ0n) is 8.33. The van der Waals surface area contributed by atoms with Crippen LogP contribution in [0, 0.1) is 5.82 Å². The molecule has 0 amide bonds. The van der Waals surface area contributed by atoms with Gasteiger partial charge in [-0.2, -0.15) is 0 Å². The highest BCUT2D eigenvalue weighted by atomic mass is 19.1. The largest absolute Gasteiger partial charge is 0.494 e. The zero-order chi connectivity index (χ0) is 10.8. The van der Waals surface area contributed by atoms with E-state index in [1.54, 1.807) is 12.1 Å². The number of nitrogens with zero attached hydrogens (tertiary/aromatic N) is 1. The summed E-state index contributed by atoms with van der Waals surface area (Å²) in [6.45, 7) is 0.358. The maximum absolute atomic E-state index is 13.1. The van der Waals surface area contributed by atoms with Crippen molar-refractivity contribution in [1.29, 1.82) is 0 Å². The van der Waals surface area contributed by atoms with Crippen LogP contribution in [0.4, 0.5) is 4.39 Å². The number of nitrogens with two attached hydrogens (primary N) is 1. The average Bonchev–Trinajstić information content (AvgIpc) is 2.27. The van der Waals surface area contributed by atoms with E-state index in [1.165, 1.54) is 19.2 Å². The highest BCUT2D eigenvalue weighted by Gasteiger charge is 2.06. The molecule has 0 saturated heterocycles. The molecule has 2 N–H and O–H groups in total. The smallest absolute Gasteiger partial charge is 0.148 e. The fraction of sp³-hybridized carbons (Fsp3) is 0.182. The molecule has 0 aliphatic heterocycles. The van der Waals surface area contributed by atoms with Crippen molar-refractivity contribution in [3.05, 3.63) is 35.8 Å². The molecule has 3 nitrogen and oxygen atoms in total. The van der Waals surface area contributed by atoms with Crippen molar-refractivity contribution >= 4 is 10.9 Å². The number of fused-ring (bicyclic) bond motifs is 1. The number of halogens is 1. The van der Waals surface area contributed by atoms with Crippen LogP contribution in [0.15, 0.2) is 24.3 Å². The summed E-state index contributed by atoms with van der Waals surface area (Å²) in [5.41, 5.74) is 6.88. The van der Waals surface area contributed by atoms with Crippen molar-refractivity contribution in [2.75, 3.05) is 7.11 Å². The van der Waals surface area contributed by atoms with Gasteiger partial charge in [-0.25, -0.2) is 9.37 Å². The molecule has 78 valence electrons. The Kier molecular flexibility index (Phi) is 2.51. The molecule has 0 saturated carbocycles. The molecule has 0 fully saturated rings. The van der Waals surface area contributed by atoms with E-state index < -0.39 is 0 Å². The highest BCUT2D eigenvalue weighted by Crippen LogP contribution is 2.25. The van der Waals surface area contributed by atoms with Gasteiger partial charge in [0.05, 0.1) is 12.8 Å². The lowest BCUT2D eigenvalue weighted by molar-refractivity contribution is 0.415. The van der Waals surface area contributed by atoms with Crippen LogP contribution in [-0.2, 0) is 6.54 Å². The quantitative estimate of drug-likeness (QED) is 0.815. The second-order valence-corrected chi connectivity index (χ2v) is 3.19. The van der Waals surface area contributed by atoms with Gasteiger partial charge in [0, 0.05) is 18.0 Å². The predicted molar refractivity (Wildman–Crippen MR) is 56.1 cm³/mol. The summed E-state index contributed by atoms with van der Waals surface area (Å²) < 4.78 is 18.2. The third kappa shape index (κ3) is 1.76. The second kappa shape index (κ2) is 3.82. The molecule has 4 heteroatoms. The third-order valence-electron chi connectivity index (χ3n) is 2.21. The molecule has 1 aromatic heterocycles. The zero-order valence-corrected chi connectivity index (χ0v) is 8.33. The Morgan fingerprint density at radius 2 is 2.20 bits per heavy atom. The van der Waals surface area contributed by atoms with Crippen molar-refractivity contribution in [2.45, 2.75) is 6.54 Å². The fourth-order valence-electron chi connectivity index (χ4n) is 1.48. The lowest BCUT2D eigenvalue weighted by Crippen LogP contribution is -2.00. The number of pyridine rings is 1. The van der Waals surface area contributed by atoms with E-state index in [0.29, 0.717) is 23.2 Å². The van der Waals surface area contributed by atoms with Crippen LogP contribution in [0.5, 0.6) is 5.75 Å². The van der Waals surface area contributed by atoms with Crippen molar-refractivity contribution < 1.29 is 9.13 Å². The average molecular weight is 206 g/mol. The summed E-state index contributed by atoms with van der Waals surface area (Å²) >= 11 is 0. The van der Waals surface area contributed by atoms with Gasteiger partial charge >= 0.3 is 0 Å². The van der Waals surface area contributed by atoms with E-state index in [-0.39, 0.29) is 5.82 Å². The summed E-state index contributed by atoms with van der Waals surface area (Å²) in [7, 11) is 1.49. The number of rotatable bonds is 2. The van der Waals surface area contributed by atoms with Gasteiger partial charge in [-0.15, -0.1) is 0 Å². The van der Waals surface area contributed by atoms with E-state index in [9.17, 15) is 4.39 Å². The van der Waals surface area contributed by atoms with Crippen LogP contribution in [-0.4, -0.2) is 12.1 Å². The van der Waals surface area contributed by atoms with Gasteiger partial charge in [-0.3, -0.25) is 0 Å². The van der Waals surface area contributed by atoms with Gasteiger partial charge in [-0.05, 0) is 12.1 Å². The van der Waals surface area contributed by atoms with Gasteiger partial charge in [0.2, 0.25) is 0 Å². The highest BCUT2D eigenvalue weighted by molar-refractivity contribution is 5.84. The number of benzene rings is 1. The Balaban J connectivity index is 2.73. The molecule has 2 aromatic rings. The number of hydrogen-bond donors (Lipinski definition) is 1. The van der Waals surface area contributed by atoms with Crippen LogP contribution in [0.3, 0.4) is 0 Å². The Labute approximate surface area is 86.7 Å². The van der Waals surface area contributed by atoms with E-state index in [1.807, 2.05) is 0 Å². The molecule has 0 bridgehead atoms. The summed E-state index contributed by atoms with van der Waals surface area (Å²) in [6.07, 6.45) is 0. The number of aromatic nitrogens is 1. The van der Waals surface area contributed by atoms with Crippen molar-refractivity contribution in [2.24, 2.45) is 5.73 Å². The van der Waals surface area contributed by atoms with Crippen LogP contribution in [0.2, 0.25) is 0 Å². The summed E-state index contributed by atoms with van der Waals surface area (Å²) in [5, 5.41) is 0.712. The molecule has 0 aliphatic rings. The first-order chi connectivity index (χ1) is 7.24. The van der Waals surface area contributed by atoms with Crippen molar-refractivity contribution in [1.82, 2.24) is 4.98 Å². The first kappa shape index (κ1) is 9.86. The van der Waals surface area contributed by atoms with Crippen LogP contribution in [0.1, 0.15) is 5.69 Å². The minimum Gasteiger partial charge on any atom is -0.494 e. The van der Waals surface area contributed by atoms with Gasteiger partial charge in [0.25, 0.3) is 0 Å². The van der Waals surface area contributed by atoms with Crippen LogP contribution in [0.25, 0.3) is 10.9 Å². The monoisotopic (exact) mass is 206 g/mol. The summed E-state index contributed by atoms with van der Waals surface area (Å²) in [4.78, 5) is 4.29. The molecular weight excluding hydrogens is 195 g/mol. The van der Waals surface area contributed by atoms with E-state index >= 15 is 0 Å². The second-order valence-electron chi connectivity index (χ2n) is 3.19. The van der Waals surface area contributed by atoms with Crippen LogP contribution >= 0.6 is 0 Å². The van der Waals surface area contributed by atoms with E-state index in [0.717, 1.165) is 5.69 Å². The minimum atomic E-state index is -0.332. The molecule has 1 aromatic carbocycles. The van der Waals surface area contributed by atoms with Gasteiger partial charge in [0.1, 0.15) is 17.1 Å². The van der Waals surface area contributed by atoms with Crippen molar-refractivity contribution in [3.63, 3.8) is 0 Å². The Hall–Kier alpha value is -1.68. The van der Waals surface area contributed by atoms with Gasteiger partial charge in [-0.1, -0.05) is 6.07 Å². The standard InChI is InChI=1S/C11H11FN2O/c1-15-10-5-8(12)4-7-2-3-9(6-13)14-11(7)10/h2-5H,6,13H2,1H3. The molecule has 0 atom stereocenters. The number of methoxy groups -OCH3 is 1. The summed E-state index contributed by atoms with van der Waals surface area (Å²) in [5.74, 6) is 0.0990. The molecule has 0 unspecified atom stereocenters. The Bertz CT molecular complexity index is 499. The molecule has 0 spiro atoms. The molecule has 0 radical (unpaired) electrons. The van der Waals surface area contributed by atoms with E-state index in [2.05, 4.69) is 4.98 Å².